The molecule has 0 aromatic heterocycles. The van der Waals surface area contributed by atoms with Crippen LogP contribution in [0.5, 0.6) is 0 Å². The fourth-order valence-electron chi connectivity index (χ4n) is 8.42. The molecule has 1 nitrogen and oxygen atoms in total. The van der Waals surface area contributed by atoms with Gasteiger partial charge in [-0.3, -0.25) is 0 Å². The van der Waals surface area contributed by atoms with Gasteiger partial charge in [0.15, 0.2) is 0 Å². The van der Waals surface area contributed by atoms with E-state index >= 15 is 0 Å². The Hall–Kier alpha value is -0.580. The summed E-state index contributed by atoms with van der Waals surface area (Å²) < 4.78 is 56.7. The molecule has 0 spiro atoms. The number of hydrogen-bond donors (Lipinski definition) is 0. The summed E-state index contributed by atoms with van der Waals surface area (Å²) in [6.45, 7) is 2.71. The molecule has 2 atom stereocenters. The van der Waals surface area contributed by atoms with Gasteiger partial charge >= 0.3 is 6.18 Å². The van der Waals surface area contributed by atoms with E-state index < -0.39 is 18.1 Å². The quantitative estimate of drug-likeness (QED) is 0.231. The van der Waals surface area contributed by atoms with Crippen LogP contribution >= 0.6 is 0 Å². The summed E-state index contributed by atoms with van der Waals surface area (Å²) in [7, 11) is 0. The summed E-state index contributed by atoms with van der Waals surface area (Å²) in [6.07, 6.45) is 17.6. The van der Waals surface area contributed by atoms with E-state index in [1.165, 1.54) is 103 Å². The molecular weight excluding hydrogens is 464 g/mol. The summed E-state index contributed by atoms with van der Waals surface area (Å²) in [5, 5.41) is 0. The van der Waals surface area contributed by atoms with E-state index in [1.807, 2.05) is 0 Å². The summed E-state index contributed by atoms with van der Waals surface area (Å²) in [4.78, 5) is 0. The predicted molar refractivity (Wildman–Crippen MR) is 138 cm³/mol. The van der Waals surface area contributed by atoms with Gasteiger partial charge in [-0.2, -0.15) is 13.2 Å². The van der Waals surface area contributed by atoms with Crippen LogP contribution in [0.15, 0.2) is 11.9 Å². The first kappa shape index (κ1) is 28.4. The molecule has 1 heterocycles. The molecule has 0 amide bonds. The average Bonchev–Trinajstić information content (AvgIpc) is 2.89. The number of rotatable bonds is 8. The lowest BCUT2D eigenvalue weighted by Gasteiger charge is -2.43. The maximum absolute atomic E-state index is 13.8. The molecule has 3 saturated carbocycles. The normalized spacial score (nSPS) is 39.2. The third kappa shape index (κ3) is 8.21. The van der Waals surface area contributed by atoms with Crippen molar-refractivity contribution in [3.63, 3.8) is 0 Å². The van der Waals surface area contributed by atoms with Crippen molar-refractivity contribution in [3.05, 3.63) is 11.9 Å². The molecule has 36 heavy (non-hydrogen) atoms. The van der Waals surface area contributed by atoms with E-state index in [1.54, 1.807) is 0 Å². The maximum atomic E-state index is 13.8. The zero-order valence-electron chi connectivity index (χ0n) is 22.6. The van der Waals surface area contributed by atoms with Gasteiger partial charge in [0.2, 0.25) is 0 Å². The summed E-state index contributed by atoms with van der Waals surface area (Å²) >= 11 is 0. The first-order valence-corrected chi connectivity index (χ1v) is 15.4. The van der Waals surface area contributed by atoms with E-state index in [2.05, 4.69) is 6.92 Å². The van der Waals surface area contributed by atoms with Crippen LogP contribution in [0.25, 0.3) is 0 Å². The maximum Gasteiger partial charge on any atom is 0.412 e. The Labute approximate surface area is 217 Å². The van der Waals surface area contributed by atoms with Crippen molar-refractivity contribution >= 4 is 0 Å². The largest absolute Gasteiger partial charge is 0.412 e. The first-order chi connectivity index (χ1) is 17.3. The van der Waals surface area contributed by atoms with Crippen molar-refractivity contribution in [2.24, 2.45) is 41.4 Å². The molecule has 5 heteroatoms. The Balaban J connectivity index is 1.12. The highest BCUT2D eigenvalue weighted by molar-refractivity contribution is 5.04. The molecule has 2 unspecified atom stereocenters. The second-order valence-electron chi connectivity index (χ2n) is 12.9. The van der Waals surface area contributed by atoms with Crippen LogP contribution in [0.2, 0.25) is 0 Å². The van der Waals surface area contributed by atoms with Crippen molar-refractivity contribution in [2.75, 3.05) is 6.61 Å². The van der Waals surface area contributed by atoms with Gasteiger partial charge in [0, 0.05) is 0 Å². The van der Waals surface area contributed by atoms with E-state index in [4.69, 9.17) is 4.74 Å². The molecule has 0 aromatic carbocycles. The van der Waals surface area contributed by atoms with Crippen LogP contribution in [0.1, 0.15) is 122 Å². The van der Waals surface area contributed by atoms with Crippen LogP contribution in [0, 0.1) is 41.4 Å². The third-order valence-electron chi connectivity index (χ3n) is 10.7. The van der Waals surface area contributed by atoms with Crippen LogP contribution in [-0.4, -0.2) is 18.9 Å². The van der Waals surface area contributed by atoms with Crippen molar-refractivity contribution < 1.29 is 22.3 Å². The second-order valence-corrected chi connectivity index (χ2v) is 12.9. The van der Waals surface area contributed by atoms with Gasteiger partial charge in [0.25, 0.3) is 0 Å². The van der Waals surface area contributed by atoms with Crippen LogP contribution in [-0.2, 0) is 4.74 Å². The van der Waals surface area contributed by atoms with Crippen molar-refractivity contribution in [3.8, 4) is 0 Å². The Kier molecular flexibility index (Phi) is 10.6. The molecule has 0 N–H and O–H groups in total. The molecule has 1 aliphatic heterocycles. The Morgan fingerprint density at radius 3 is 1.53 bits per heavy atom. The van der Waals surface area contributed by atoms with Gasteiger partial charge in [-0.25, -0.2) is 4.39 Å². The Morgan fingerprint density at radius 2 is 1.11 bits per heavy atom. The number of alkyl halides is 3. The highest BCUT2D eigenvalue weighted by Gasteiger charge is 2.38. The number of unbranched alkanes of at least 4 members (excludes halogenated alkanes) is 2. The highest BCUT2D eigenvalue weighted by atomic mass is 19.4. The molecule has 3 aliphatic carbocycles. The molecule has 4 rings (SSSR count). The third-order valence-corrected chi connectivity index (χ3v) is 10.7. The first-order valence-electron chi connectivity index (χ1n) is 15.4. The predicted octanol–water partition coefficient (Wildman–Crippen LogP) is 10.2. The minimum Gasteiger partial charge on any atom is -0.371 e. The van der Waals surface area contributed by atoms with E-state index in [0.717, 1.165) is 36.0 Å². The number of ether oxygens (including phenoxy) is 1. The lowest BCUT2D eigenvalue weighted by Crippen LogP contribution is -2.34. The topological polar surface area (TPSA) is 9.23 Å². The minimum absolute atomic E-state index is 0.239. The molecule has 1 saturated heterocycles. The van der Waals surface area contributed by atoms with Crippen LogP contribution in [0.4, 0.5) is 17.6 Å². The fourth-order valence-corrected chi connectivity index (χ4v) is 8.42. The Morgan fingerprint density at radius 1 is 0.667 bits per heavy atom. The molecule has 4 fully saturated rings. The molecule has 0 aromatic rings. The molecule has 0 radical (unpaired) electrons. The standard InChI is InChI=1S/C31H50F4O/c1-2-3-4-5-22-6-8-23(9-7-22)24-10-12-25(13-11-24)26-14-16-27(17-15-26)28-18-19-30(36-21-28)29(32)20-31(33,34)35/h20,22-28,30H,2-19,21H2,1H3. The molecule has 4 aliphatic rings. The fraction of sp³-hybridized carbons (Fsp3) is 0.935. The summed E-state index contributed by atoms with van der Waals surface area (Å²) in [5.74, 6) is 4.57. The van der Waals surface area contributed by atoms with Crippen molar-refractivity contribution in [2.45, 2.75) is 135 Å². The van der Waals surface area contributed by atoms with E-state index in [0.29, 0.717) is 24.9 Å². The van der Waals surface area contributed by atoms with Gasteiger partial charge in [-0.05, 0) is 118 Å². The zero-order valence-corrected chi connectivity index (χ0v) is 22.6. The van der Waals surface area contributed by atoms with E-state index in [9.17, 15) is 17.6 Å². The van der Waals surface area contributed by atoms with Gasteiger partial charge in [-0.15, -0.1) is 0 Å². The lowest BCUT2D eigenvalue weighted by molar-refractivity contribution is -0.0856. The summed E-state index contributed by atoms with van der Waals surface area (Å²) in [6, 6.07) is 0. The van der Waals surface area contributed by atoms with Gasteiger partial charge in [-0.1, -0.05) is 45.4 Å². The average molecular weight is 515 g/mol. The highest BCUT2D eigenvalue weighted by Crippen LogP contribution is 2.47. The number of hydrogen-bond acceptors (Lipinski definition) is 1. The van der Waals surface area contributed by atoms with Crippen LogP contribution in [0.3, 0.4) is 0 Å². The molecule has 0 bridgehead atoms. The molecular formula is C31H50F4O. The Bertz CT molecular complexity index is 657. The molecule has 208 valence electrons. The smallest absolute Gasteiger partial charge is 0.371 e. The van der Waals surface area contributed by atoms with E-state index in [-0.39, 0.29) is 6.08 Å². The van der Waals surface area contributed by atoms with Crippen molar-refractivity contribution in [1.82, 2.24) is 0 Å². The zero-order chi connectivity index (χ0) is 25.5. The van der Waals surface area contributed by atoms with Gasteiger partial charge < -0.3 is 4.74 Å². The second kappa shape index (κ2) is 13.5. The number of allylic oxidation sites excluding steroid dienone is 1. The minimum atomic E-state index is -4.62. The monoisotopic (exact) mass is 514 g/mol. The SMILES string of the molecule is CCCCCC1CCC(C2CCC(C3CCC(C4CCC(C(F)=CC(F)(F)F)OC4)CC3)CC2)CC1. The van der Waals surface area contributed by atoms with Crippen LogP contribution < -0.4 is 0 Å². The van der Waals surface area contributed by atoms with Gasteiger partial charge in [0.05, 0.1) is 12.7 Å². The number of halogens is 4. The summed E-state index contributed by atoms with van der Waals surface area (Å²) in [5.41, 5.74) is 0. The van der Waals surface area contributed by atoms with Gasteiger partial charge in [0.1, 0.15) is 11.9 Å². The lowest BCUT2D eigenvalue weighted by atomic mass is 9.64. The van der Waals surface area contributed by atoms with Crippen molar-refractivity contribution in [1.29, 1.82) is 0 Å².